The summed E-state index contributed by atoms with van der Waals surface area (Å²) >= 11 is 0. The van der Waals surface area contributed by atoms with Crippen LogP contribution in [0.25, 0.3) is 0 Å². The molecule has 114 valence electrons. The Morgan fingerprint density at radius 2 is 2.00 bits per heavy atom. The first-order valence-electron chi connectivity index (χ1n) is 7.48. The van der Waals surface area contributed by atoms with Gasteiger partial charge in [0.15, 0.2) is 0 Å². The van der Waals surface area contributed by atoms with E-state index < -0.39 is 0 Å². The number of hydrogen-bond acceptors (Lipinski definition) is 5. The number of piperidine rings is 1. The Bertz CT molecular complexity index is 646. The molecule has 1 N–H and O–H groups in total. The average Bonchev–Trinajstić information content (AvgIpc) is 2.58. The van der Waals surface area contributed by atoms with Crippen molar-refractivity contribution in [1.29, 1.82) is 0 Å². The van der Waals surface area contributed by atoms with Crippen molar-refractivity contribution in [3.8, 4) is 0 Å². The molecule has 1 aliphatic heterocycles. The van der Waals surface area contributed by atoms with E-state index in [1.165, 1.54) is 0 Å². The summed E-state index contributed by atoms with van der Waals surface area (Å²) in [6.45, 7) is 3.46. The number of nitrogens with one attached hydrogen (secondary N) is 1. The third kappa shape index (κ3) is 3.21. The van der Waals surface area contributed by atoms with E-state index in [9.17, 15) is 4.79 Å². The number of rotatable bonds is 3. The molecular weight excluding hydrogens is 278 g/mol. The summed E-state index contributed by atoms with van der Waals surface area (Å²) in [5.74, 6) is 1.27. The standard InChI is InChI=1S/C16H19N5O/c1-12-5-2-7-17-14(12)20-15(22)13-6-3-10-21(11-13)16-18-8-4-9-19-16/h2,4-5,7-9,13H,3,6,10-11H2,1H3,(H,17,20,22). The second-order valence-electron chi connectivity index (χ2n) is 5.49. The Hall–Kier alpha value is -2.50. The normalized spacial score (nSPS) is 18.0. The lowest BCUT2D eigenvalue weighted by molar-refractivity contribution is -0.120. The molecule has 0 spiro atoms. The molecule has 1 aliphatic rings. The smallest absolute Gasteiger partial charge is 0.230 e. The van der Waals surface area contributed by atoms with Crippen LogP contribution in [0.5, 0.6) is 0 Å². The quantitative estimate of drug-likeness (QED) is 0.938. The number of carbonyl (C=O) groups is 1. The summed E-state index contributed by atoms with van der Waals surface area (Å²) < 4.78 is 0. The van der Waals surface area contributed by atoms with Crippen molar-refractivity contribution in [3.63, 3.8) is 0 Å². The van der Waals surface area contributed by atoms with Gasteiger partial charge in [-0.1, -0.05) is 6.07 Å². The van der Waals surface area contributed by atoms with Crippen LogP contribution in [0.2, 0.25) is 0 Å². The van der Waals surface area contributed by atoms with Crippen LogP contribution in [0.3, 0.4) is 0 Å². The van der Waals surface area contributed by atoms with Crippen molar-refractivity contribution in [2.24, 2.45) is 5.92 Å². The van der Waals surface area contributed by atoms with Gasteiger partial charge in [-0.2, -0.15) is 0 Å². The second kappa shape index (κ2) is 6.51. The monoisotopic (exact) mass is 297 g/mol. The van der Waals surface area contributed by atoms with Crippen molar-refractivity contribution < 1.29 is 4.79 Å². The first kappa shape index (κ1) is 14.4. The number of aromatic nitrogens is 3. The molecule has 1 amide bonds. The zero-order chi connectivity index (χ0) is 15.4. The Labute approximate surface area is 129 Å². The minimum atomic E-state index is -0.0704. The maximum atomic E-state index is 12.5. The van der Waals surface area contributed by atoms with Crippen molar-refractivity contribution >= 4 is 17.7 Å². The van der Waals surface area contributed by atoms with E-state index in [4.69, 9.17) is 0 Å². The van der Waals surface area contributed by atoms with Crippen LogP contribution in [0.1, 0.15) is 18.4 Å². The summed E-state index contributed by atoms with van der Waals surface area (Å²) in [5, 5.41) is 2.93. The van der Waals surface area contributed by atoms with Gasteiger partial charge in [0.25, 0.3) is 0 Å². The van der Waals surface area contributed by atoms with Crippen molar-refractivity contribution in [2.75, 3.05) is 23.3 Å². The van der Waals surface area contributed by atoms with Gasteiger partial charge in [-0.05, 0) is 37.5 Å². The van der Waals surface area contributed by atoms with Gasteiger partial charge < -0.3 is 10.2 Å². The number of hydrogen-bond donors (Lipinski definition) is 1. The first-order valence-corrected chi connectivity index (χ1v) is 7.48. The van der Waals surface area contributed by atoms with Gasteiger partial charge in [0.1, 0.15) is 5.82 Å². The van der Waals surface area contributed by atoms with E-state index in [-0.39, 0.29) is 11.8 Å². The second-order valence-corrected chi connectivity index (χ2v) is 5.49. The minimum absolute atomic E-state index is 0.0161. The van der Waals surface area contributed by atoms with E-state index in [0.29, 0.717) is 18.3 Å². The van der Waals surface area contributed by atoms with Gasteiger partial charge in [0.05, 0.1) is 5.92 Å². The Morgan fingerprint density at radius 1 is 1.23 bits per heavy atom. The molecule has 1 atom stereocenters. The third-order valence-corrected chi connectivity index (χ3v) is 3.88. The highest BCUT2D eigenvalue weighted by Crippen LogP contribution is 2.21. The number of anilines is 2. The molecule has 0 aliphatic carbocycles. The number of aryl methyl sites for hydroxylation is 1. The van der Waals surface area contributed by atoms with Crippen LogP contribution in [-0.2, 0) is 4.79 Å². The third-order valence-electron chi connectivity index (χ3n) is 3.88. The largest absolute Gasteiger partial charge is 0.340 e. The molecule has 0 radical (unpaired) electrons. The molecule has 2 aromatic rings. The fourth-order valence-electron chi connectivity index (χ4n) is 2.66. The van der Waals surface area contributed by atoms with Crippen LogP contribution in [0.15, 0.2) is 36.8 Å². The van der Waals surface area contributed by atoms with E-state index in [1.54, 1.807) is 24.7 Å². The minimum Gasteiger partial charge on any atom is -0.340 e. The van der Waals surface area contributed by atoms with Crippen molar-refractivity contribution in [2.45, 2.75) is 19.8 Å². The van der Waals surface area contributed by atoms with E-state index in [0.717, 1.165) is 24.9 Å². The van der Waals surface area contributed by atoms with Gasteiger partial charge in [0.2, 0.25) is 11.9 Å². The van der Waals surface area contributed by atoms with Crippen LogP contribution in [0, 0.1) is 12.8 Å². The van der Waals surface area contributed by atoms with Gasteiger partial charge in [-0.15, -0.1) is 0 Å². The van der Waals surface area contributed by atoms with E-state index >= 15 is 0 Å². The lowest BCUT2D eigenvalue weighted by atomic mass is 9.97. The predicted molar refractivity (Wildman–Crippen MR) is 84.6 cm³/mol. The van der Waals surface area contributed by atoms with Crippen LogP contribution < -0.4 is 10.2 Å². The Balaban J connectivity index is 1.67. The molecule has 1 saturated heterocycles. The van der Waals surface area contributed by atoms with Crippen LogP contribution in [-0.4, -0.2) is 33.9 Å². The van der Waals surface area contributed by atoms with Crippen LogP contribution in [0.4, 0.5) is 11.8 Å². The topological polar surface area (TPSA) is 71.0 Å². The summed E-state index contributed by atoms with van der Waals surface area (Å²) in [6, 6.07) is 5.59. The molecule has 3 heterocycles. The molecule has 0 saturated carbocycles. The average molecular weight is 297 g/mol. The molecule has 0 bridgehead atoms. The summed E-state index contributed by atoms with van der Waals surface area (Å²) in [4.78, 5) is 27.3. The lowest BCUT2D eigenvalue weighted by Gasteiger charge is -2.31. The number of nitrogens with zero attached hydrogens (tertiary/aromatic N) is 4. The molecule has 2 aromatic heterocycles. The maximum Gasteiger partial charge on any atom is 0.230 e. The highest BCUT2D eigenvalue weighted by Gasteiger charge is 2.27. The first-order chi connectivity index (χ1) is 10.7. The Morgan fingerprint density at radius 3 is 2.77 bits per heavy atom. The zero-order valence-electron chi connectivity index (χ0n) is 12.6. The van der Waals surface area contributed by atoms with E-state index in [2.05, 4.69) is 25.2 Å². The van der Waals surface area contributed by atoms with Crippen molar-refractivity contribution in [1.82, 2.24) is 15.0 Å². The highest BCUT2D eigenvalue weighted by molar-refractivity contribution is 5.92. The SMILES string of the molecule is Cc1cccnc1NC(=O)C1CCCN(c2ncccn2)C1. The molecule has 22 heavy (non-hydrogen) atoms. The molecule has 3 rings (SSSR count). The fraction of sp³-hybridized carbons (Fsp3) is 0.375. The van der Waals surface area contributed by atoms with Gasteiger partial charge >= 0.3 is 0 Å². The van der Waals surface area contributed by atoms with Crippen LogP contribution >= 0.6 is 0 Å². The van der Waals surface area contributed by atoms with Gasteiger partial charge in [-0.25, -0.2) is 15.0 Å². The number of carbonyl (C=O) groups excluding carboxylic acids is 1. The maximum absolute atomic E-state index is 12.5. The Kier molecular flexibility index (Phi) is 4.27. The number of pyridine rings is 1. The number of amides is 1. The van der Waals surface area contributed by atoms with Gasteiger partial charge in [-0.3, -0.25) is 4.79 Å². The van der Waals surface area contributed by atoms with E-state index in [1.807, 2.05) is 19.1 Å². The molecule has 6 nitrogen and oxygen atoms in total. The fourth-order valence-corrected chi connectivity index (χ4v) is 2.66. The summed E-state index contributed by atoms with van der Waals surface area (Å²) in [5.41, 5.74) is 0.968. The molecule has 0 aromatic carbocycles. The molecule has 6 heteroatoms. The molecule has 1 unspecified atom stereocenters. The lowest BCUT2D eigenvalue weighted by Crippen LogP contribution is -2.41. The zero-order valence-corrected chi connectivity index (χ0v) is 12.6. The summed E-state index contributed by atoms with van der Waals surface area (Å²) in [6.07, 6.45) is 6.97. The summed E-state index contributed by atoms with van der Waals surface area (Å²) in [7, 11) is 0. The predicted octanol–water partition coefficient (Wildman–Crippen LogP) is 2.04. The van der Waals surface area contributed by atoms with Crippen molar-refractivity contribution in [3.05, 3.63) is 42.4 Å². The molecule has 1 fully saturated rings. The molecular formula is C16H19N5O. The highest BCUT2D eigenvalue weighted by atomic mass is 16.2. The van der Waals surface area contributed by atoms with Gasteiger partial charge in [0, 0.05) is 31.7 Å².